The second-order valence-electron chi connectivity index (χ2n) is 9.55. The second-order valence-corrected chi connectivity index (χ2v) is 9.55. The first-order valence-corrected chi connectivity index (χ1v) is 12.1. The third kappa shape index (κ3) is 3.91. The molecule has 1 fully saturated rings. The molecular formula is C29H25N3O5. The average molecular weight is 496 g/mol. The Balaban J connectivity index is 1.48. The molecule has 4 aromatic rings. The molecular weight excluding hydrogens is 470 g/mol. The van der Waals surface area contributed by atoms with Gasteiger partial charge in [-0.25, -0.2) is 9.59 Å². The van der Waals surface area contributed by atoms with Crippen molar-refractivity contribution in [2.24, 2.45) is 0 Å². The molecule has 3 heterocycles. The fourth-order valence-electron chi connectivity index (χ4n) is 5.40. The summed E-state index contributed by atoms with van der Waals surface area (Å²) in [6.45, 7) is 1.14. The van der Waals surface area contributed by atoms with E-state index < -0.39 is 11.9 Å². The van der Waals surface area contributed by atoms with E-state index in [9.17, 15) is 19.5 Å². The smallest absolute Gasteiger partial charge is 0.335 e. The number of rotatable bonds is 6. The van der Waals surface area contributed by atoms with Crippen LogP contribution in [0.25, 0.3) is 10.9 Å². The molecule has 8 heteroatoms. The van der Waals surface area contributed by atoms with Gasteiger partial charge in [0, 0.05) is 42.2 Å². The van der Waals surface area contributed by atoms with Crippen LogP contribution in [0.3, 0.4) is 0 Å². The van der Waals surface area contributed by atoms with Gasteiger partial charge in [0.05, 0.1) is 18.0 Å². The summed E-state index contributed by atoms with van der Waals surface area (Å²) in [5.41, 5.74) is 5.77. The molecule has 1 atom stereocenters. The van der Waals surface area contributed by atoms with Crippen LogP contribution in [0.5, 0.6) is 5.75 Å². The topological polar surface area (TPSA) is 103 Å². The highest BCUT2D eigenvalue weighted by Crippen LogP contribution is 2.42. The number of carbonyl (C=O) groups excluding carboxylic acids is 2. The fourth-order valence-corrected chi connectivity index (χ4v) is 5.40. The first-order chi connectivity index (χ1) is 17.9. The third-order valence-electron chi connectivity index (χ3n) is 7.26. The number of carboxylic acids is 1. The minimum Gasteiger partial charge on any atom is -0.489 e. The van der Waals surface area contributed by atoms with Gasteiger partial charge in [0.25, 0.3) is 0 Å². The molecule has 1 unspecified atom stereocenters. The van der Waals surface area contributed by atoms with E-state index in [2.05, 4.69) is 4.98 Å². The number of fused-ring (bicyclic) bond motifs is 6. The molecule has 2 aliphatic heterocycles. The van der Waals surface area contributed by atoms with E-state index in [1.807, 2.05) is 54.6 Å². The first kappa shape index (κ1) is 22.8. The minimum atomic E-state index is -0.973. The number of aromatic carboxylic acids is 1. The van der Waals surface area contributed by atoms with Crippen LogP contribution in [0.1, 0.15) is 44.2 Å². The van der Waals surface area contributed by atoms with Gasteiger partial charge in [-0.15, -0.1) is 0 Å². The number of amides is 3. The number of carbonyl (C=O) groups is 3. The van der Waals surface area contributed by atoms with Gasteiger partial charge < -0.3 is 19.7 Å². The van der Waals surface area contributed by atoms with Crippen LogP contribution >= 0.6 is 0 Å². The van der Waals surface area contributed by atoms with Crippen LogP contribution < -0.4 is 4.74 Å². The monoisotopic (exact) mass is 495 g/mol. The van der Waals surface area contributed by atoms with Crippen molar-refractivity contribution in [2.45, 2.75) is 25.5 Å². The van der Waals surface area contributed by atoms with E-state index >= 15 is 0 Å². The van der Waals surface area contributed by atoms with Crippen LogP contribution in [0.4, 0.5) is 4.79 Å². The summed E-state index contributed by atoms with van der Waals surface area (Å²) in [7, 11) is 1.53. The van der Waals surface area contributed by atoms with Gasteiger partial charge in [-0.3, -0.25) is 9.69 Å². The highest BCUT2D eigenvalue weighted by molar-refractivity contribution is 6.04. The molecule has 0 saturated carbocycles. The zero-order valence-electron chi connectivity index (χ0n) is 20.2. The van der Waals surface area contributed by atoms with Gasteiger partial charge >= 0.3 is 12.0 Å². The van der Waals surface area contributed by atoms with Crippen molar-refractivity contribution in [1.29, 1.82) is 0 Å². The van der Waals surface area contributed by atoms with Crippen molar-refractivity contribution in [1.82, 2.24) is 14.8 Å². The minimum absolute atomic E-state index is 0.213. The first-order valence-electron chi connectivity index (χ1n) is 12.1. The average Bonchev–Trinajstić information content (AvgIpc) is 3.30. The van der Waals surface area contributed by atoms with Crippen molar-refractivity contribution in [3.05, 3.63) is 100 Å². The lowest BCUT2D eigenvalue weighted by atomic mass is 9.86. The molecule has 2 aliphatic rings. The largest absolute Gasteiger partial charge is 0.489 e. The van der Waals surface area contributed by atoms with Crippen molar-refractivity contribution in [3.63, 3.8) is 0 Å². The summed E-state index contributed by atoms with van der Waals surface area (Å²) in [6, 6.07) is 20.3. The molecule has 0 radical (unpaired) electrons. The number of hydrogen-bond acceptors (Lipinski definition) is 4. The lowest BCUT2D eigenvalue weighted by Gasteiger charge is -2.40. The predicted molar refractivity (Wildman–Crippen MR) is 137 cm³/mol. The number of hydrogen-bond donors (Lipinski definition) is 2. The van der Waals surface area contributed by atoms with Crippen molar-refractivity contribution < 1.29 is 24.2 Å². The number of nitrogens with one attached hydrogen (secondary N) is 1. The van der Waals surface area contributed by atoms with E-state index in [-0.39, 0.29) is 17.5 Å². The zero-order valence-corrected chi connectivity index (χ0v) is 20.2. The van der Waals surface area contributed by atoms with Crippen LogP contribution in [0.15, 0.2) is 66.7 Å². The quantitative estimate of drug-likeness (QED) is 0.409. The number of urea groups is 1. The molecule has 3 amide bonds. The number of H-pyrrole nitrogens is 1. The molecule has 2 N–H and O–H groups in total. The van der Waals surface area contributed by atoms with E-state index in [0.29, 0.717) is 31.9 Å². The molecule has 37 heavy (non-hydrogen) atoms. The van der Waals surface area contributed by atoms with Crippen LogP contribution in [-0.2, 0) is 24.4 Å². The highest BCUT2D eigenvalue weighted by atomic mass is 16.5. The standard InChI is InChI=1S/C29H25N3O5/c1-31-27(33)21-14-32(29(31)36)15-23-26(21)25-20(13-17-7-9-19(10-8-17)28(34)35)24(12-11-22(25)30-23)37-16-18-5-3-2-4-6-18/h2-12,21,30H,13-16H2,1H3,(H,34,35). The van der Waals surface area contributed by atoms with Gasteiger partial charge in [-0.05, 0) is 41.0 Å². The maximum Gasteiger partial charge on any atom is 0.335 e. The maximum atomic E-state index is 13.2. The van der Waals surface area contributed by atoms with Crippen LogP contribution in [0, 0.1) is 0 Å². The van der Waals surface area contributed by atoms with E-state index in [0.717, 1.165) is 38.9 Å². The maximum absolute atomic E-state index is 13.2. The predicted octanol–water partition coefficient (Wildman–Crippen LogP) is 4.53. The number of ether oxygens (including phenoxy) is 1. The Labute approximate surface area is 213 Å². The Bertz CT molecular complexity index is 1540. The molecule has 186 valence electrons. The van der Waals surface area contributed by atoms with Crippen molar-refractivity contribution in [3.8, 4) is 5.75 Å². The molecule has 8 nitrogen and oxygen atoms in total. The number of benzene rings is 3. The molecule has 6 rings (SSSR count). The zero-order chi connectivity index (χ0) is 25.7. The van der Waals surface area contributed by atoms with Gasteiger partial charge in [0.1, 0.15) is 12.4 Å². The normalized spacial score (nSPS) is 16.7. The Morgan fingerprint density at radius 2 is 1.78 bits per heavy atom. The SMILES string of the molecule is CN1C(=O)C2CN(Cc3[nH]c4ccc(OCc5ccccc5)c(Cc5ccc(C(=O)O)cc5)c4c32)C1=O. The number of carboxylic acid groups (broad SMARTS) is 1. The van der Waals surface area contributed by atoms with Crippen molar-refractivity contribution >= 4 is 28.8 Å². The Hall–Kier alpha value is -4.59. The summed E-state index contributed by atoms with van der Waals surface area (Å²) in [5, 5.41) is 10.2. The fraction of sp³-hybridized carbons (Fsp3) is 0.207. The number of aromatic nitrogens is 1. The number of aromatic amines is 1. The van der Waals surface area contributed by atoms with E-state index in [4.69, 9.17) is 4.74 Å². The lowest BCUT2D eigenvalue weighted by Crippen LogP contribution is -2.55. The molecule has 1 saturated heterocycles. The van der Waals surface area contributed by atoms with Gasteiger partial charge in [-0.2, -0.15) is 0 Å². The number of imide groups is 1. The summed E-state index contributed by atoms with van der Waals surface area (Å²) in [5.74, 6) is -0.942. The van der Waals surface area contributed by atoms with E-state index in [1.165, 1.54) is 11.9 Å². The van der Waals surface area contributed by atoms with Crippen molar-refractivity contribution in [2.75, 3.05) is 13.6 Å². The summed E-state index contributed by atoms with van der Waals surface area (Å²) in [6.07, 6.45) is 0.491. The van der Waals surface area contributed by atoms with Gasteiger partial charge in [0.15, 0.2) is 0 Å². The number of likely N-dealkylation sites (N-methyl/N-ethyl adjacent to an activating group) is 1. The van der Waals surface area contributed by atoms with Crippen LogP contribution in [-0.4, -0.2) is 51.4 Å². The Kier molecular flexibility index (Phi) is 5.44. The van der Waals surface area contributed by atoms with E-state index in [1.54, 1.807) is 17.0 Å². The number of nitrogens with zero attached hydrogens (tertiary/aromatic N) is 2. The summed E-state index contributed by atoms with van der Waals surface area (Å²) in [4.78, 5) is 43.5. The lowest BCUT2D eigenvalue weighted by molar-refractivity contribution is -0.132. The second kappa shape index (κ2) is 8.81. The van der Waals surface area contributed by atoms with Gasteiger partial charge in [0.2, 0.25) is 5.91 Å². The highest BCUT2D eigenvalue weighted by Gasteiger charge is 2.44. The molecule has 3 aromatic carbocycles. The summed E-state index contributed by atoms with van der Waals surface area (Å²) >= 11 is 0. The van der Waals surface area contributed by atoms with Gasteiger partial charge in [-0.1, -0.05) is 42.5 Å². The molecule has 1 aromatic heterocycles. The summed E-state index contributed by atoms with van der Waals surface area (Å²) < 4.78 is 6.33. The van der Waals surface area contributed by atoms with Crippen LogP contribution in [0.2, 0.25) is 0 Å². The molecule has 2 bridgehead atoms. The Morgan fingerprint density at radius 1 is 1.03 bits per heavy atom. The third-order valence-corrected chi connectivity index (χ3v) is 7.26. The Morgan fingerprint density at radius 3 is 2.51 bits per heavy atom. The molecule has 0 aliphatic carbocycles. The molecule has 0 spiro atoms.